The second kappa shape index (κ2) is 11.0. The fourth-order valence-corrected chi connectivity index (χ4v) is 0.632. The molecule has 0 radical (unpaired) electrons. The maximum atomic E-state index is 9.51. The molecule has 0 aliphatic rings. The van der Waals surface area contributed by atoms with Crippen LogP contribution in [0.1, 0.15) is 0 Å². The molecule has 0 aliphatic carbocycles. The summed E-state index contributed by atoms with van der Waals surface area (Å²) in [5.74, 6) is 7.81. The lowest BCUT2D eigenvalue weighted by Crippen LogP contribution is -2.10. The molecule has 0 bridgehead atoms. The first-order valence-electron chi connectivity index (χ1n) is 2.37. The van der Waals surface area contributed by atoms with E-state index in [1.807, 2.05) is 0 Å². The van der Waals surface area contributed by atoms with Crippen LogP contribution in [0.4, 0.5) is 0 Å². The topological polar surface area (TPSA) is 238 Å². The predicted octanol–water partition coefficient (Wildman–Crippen LogP) is -2.76. The molecule has 16 heteroatoms. The van der Waals surface area contributed by atoms with Crippen molar-refractivity contribution >= 4 is 20.8 Å². The third-order valence-corrected chi connectivity index (χ3v) is 0.766. The summed E-state index contributed by atoms with van der Waals surface area (Å²) in [5.41, 5.74) is 0. The second-order valence-corrected chi connectivity index (χ2v) is 3.19. The number of rotatable bonds is 3. The van der Waals surface area contributed by atoms with E-state index in [1.165, 1.54) is 0 Å². The summed E-state index contributed by atoms with van der Waals surface area (Å²) < 4.78 is 58.9. The minimum atomic E-state index is -5.02. The minimum Gasteiger partial charge on any atom is -0.262 e. The molecule has 0 aliphatic heterocycles. The zero-order chi connectivity index (χ0) is 13.8. The highest BCUT2D eigenvalue weighted by Gasteiger charge is 2.13. The molecule has 0 aromatic rings. The van der Waals surface area contributed by atoms with Crippen molar-refractivity contribution in [2.75, 3.05) is 0 Å². The van der Waals surface area contributed by atoms with Crippen LogP contribution in [0, 0.1) is 0 Å². The van der Waals surface area contributed by atoms with Crippen molar-refractivity contribution in [3.05, 3.63) is 0 Å². The first kappa shape index (κ1) is 20.9. The minimum absolute atomic E-state index is 2.75. The molecule has 16 heavy (non-hydrogen) atoms. The maximum absolute atomic E-state index is 9.51. The fraction of sp³-hybridized carbons (Fsp3) is 0. The third-order valence-electron chi connectivity index (χ3n) is 0.200. The van der Waals surface area contributed by atoms with Crippen LogP contribution in [0.25, 0.3) is 0 Å². The zero-order valence-electron chi connectivity index (χ0n) is 7.03. The lowest BCUT2D eigenvalue weighted by Gasteiger charge is -1.92. The molecule has 0 spiro atoms. The molecule has 14 nitrogen and oxygen atoms in total. The van der Waals surface area contributed by atoms with Crippen LogP contribution in [-0.2, 0) is 39.4 Å². The average Bonchev–Trinajstić information content (AvgIpc) is 2.01. The van der Waals surface area contributed by atoms with Crippen LogP contribution in [0.5, 0.6) is 0 Å². The Morgan fingerprint density at radius 1 is 0.750 bits per heavy atom. The van der Waals surface area contributed by atoms with E-state index in [2.05, 4.69) is 30.4 Å². The van der Waals surface area contributed by atoms with Crippen LogP contribution in [0.15, 0.2) is 0 Å². The standard InChI is InChI=1S/2H3NO2.H2O8S2/c2*1-3-2;1-9(2,3)7-8-10(4,5)6/h2*2H,1H2;(H,1,2,3)(H,4,5,6). The SMILES string of the molecule is NOO.NOO.O=S(=O)(O)OOS(=O)(=O)O. The van der Waals surface area contributed by atoms with Crippen LogP contribution in [0.3, 0.4) is 0 Å². The first-order chi connectivity index (χ1) is 7.04. The van der Waals surface area contributed by atoms with Gasteiger partial charge in [-0.2, -0.15) is 28.6 Å². The molecular weight excluding hydrogens is 284 g/mol. The van der Waals surface area contributed by atoms with E-state index in [1.54, 1.807) is 0 Å². The summed E-state index contributed by atoms with van der Waals surface area (Å²) in [6.07, 6.45) is 0. The summed E-state index contributed by atoms with van der Waals surface area (Å²) in [6.45, 7) is 0. The van der Waals surface area contributed by atoms with Gasteiger partial charge in [-0.05, 0) is 0 Å². The Hall–Kier alpha value is -0.500. The van der Waals surface area contributed by atoms with Gasteiger partial charge in [-0.25, -0.2) is 10.5 Å². The number of hydrogen-bond acceptors (Lipinski definition) is 12. The molecule has 0 amide bonds. The van der Waals surface area contributed by atoms with Gasteiger partial charge in [0.25, 0.3) is 0 Å². The van der Waals surface area contributed by atoms with Crippen LogP contribution in [-0.4, -0.2) is 36.5 Å². The van der Waals surface area contributed by atoms with Crippen molar-refractivity contribution < 1.29 is 55.1 Å². The van der Waals surface area contributed by atoms with E-state index in [-0.39, 0.29) is 0 Å². The summed E-state index contributed by atoms with van der Waals surface area (Å²) in [4.78, 5) is 5.50. The molecule has 0 rings (SSSR count). The first-order valence-corrected chi connectivity index (χ1v) is 5.10. The van der Waals surface area contributed by atoms with Gasteiger partial charge in [0.05, 0.1) is 0 Å². The monoisotopic (exact) mass is 292 g/mol. The molecule has 0 aromatic heterocycles. The van der Waals surface area contributed by atoms with E-state index in [0.717, 1.165) is 0 Å². The van der Waals surface area contributed by atoms with Gasteiger partial charge in [-0.15, -0.1) is 9.98 Å². The van der Waals surface area contributed by atoms with Gasteiger partial charge >= 0.3 is 20.8 Å². The highest BCUT2D eigenvalue weighted by molar-refractivity contribution is 7.83. The van der Waals surface area contributed by atoms with Crippen LogP contribution < -0.4 is 11.8 Å². The Labute approximate surface area is 88.5 Å². The fourth-order valence-electron chi connectivity index (χ4n) is 0.0702. The van der Waals surface area contributed by atoms with Gasteiger partial charge in [-0.1, -0.05) is 8.67 Å². The highest BCUT2D eigenvalue weighted by Crippen LogP contribution is 1.92. The second-order valence-electron chi connectivity index (χ2n) is 1.20. The van der Waals surface area contributed by atoms with Crippen molar-refractivity contribution in [2.45, 2.75) is 0 Å². The quantitative estimate of drug-likeness (QED) is 0.175. The Kier molecular flexibility index (Phi) is 14.3. The van der Waals surface area contributed by atoms with E-state index in [0.29, 0.717) is 0 Å². The van der Waals surface area contributed by atoms with E-state index in [9.17, 15) is 16.8 Å². The van der Waals surface area contributed by atoms with E-state index >= 15 is 0 Å². The van der Waals surface area contributed by atoms with Crippen molar-refractivity contribution in [1.82, 2.24) is 0 Å². The van der Waals surface area contributed by atoms with Gasteiger partial charge in [0, 0.05) is 0 Å². The molecule has 0 heterocycles. The number of hydrogen-bond donors (Lipinski definition) is 6. The van der Waals surface area contributed by atoms with Gasteiger partial charge in [0.1, 0.15) is 0 Å². The van der Waals surface area contributed by atoms with Crippen molar-refractivity contribution in [3.8, 4) is 0 Å². The highest BCUT2D eigenvalue weighted by atomic mass is 32.3. The predicted molar refractivity (Wildman–Crippen MR) is 41.1 cm³/mol. The molecule has 0 aromatic carbocycles. The Balaban J connectivity index is -0.000000235. The molecule has 102 valence electrons. The molecule has 0 unspecified atom stereocenters. The Morgan fingerprint density at radius 2 is 0.875 bits per heavy atom. The smallest absolute Gasteiger partial charge is 0.262 e. The van der Waals surface area contributed by atoms with Crippen LogP contribution >= 0.6 is 0 Å². The summed E-state index contributed by atoms with van der Waals surface area (Å²) >= 11 is 0. The Morgan fingerprint density at radius 3 is 0.938 bits per heavy atom. The molecule has 0 fully saturated rings. The van der Waals surface area contributed by atoms with Crippen LogP contribution in [0.2, 0.25) is 0 Å². The number of nitrogens with two attached hydrogens (primary N) is 2. The van der Waals surface area contributed by atoms with E-state index < -0.39 is 20.8 Å². The Bertz CT molecular complexity index is 277. The third kappa shape index (κ3) is 49.9. The van der Waals surface area contributed by atoms with Gasteiger partial charge in [0.2, 0.25) is 0 Å². The normalized spacial score (nSPS) is 10.6. The molecule has 8 N–H and O–H groups in total. The van der Waals surface area contributed by atoms with Gasteiger partial charge in [0.15, 0.2) is 0 Å². The van der Waals surface area contributed by atoms with Gasteiger partial charge in [-0.3, -0.25) is 9.11 Å². The van der Waals surface area contributed by atoms with Gasteiger partial charge < -0.3 is 0 Å². The molecular formula is H8N2O12S2. The lowest BCUT2D eigenvalue weighted by atomic mass is 13.5. The van der Waals surface area contributed by atoms with Crippen molar-refractivity contribution in [3.63, 3.8) is 0 Å². The van der Waals surface area contributed by atoms with E-state index in [4.69, 9.17) is 19.6 Å². The summed E-state index contributed by atoms with van der Waals surface area (Å²) in [7, 11) is -10.0. The largest absolute Gasteiger partial charge is 0.425 e. The molecule has 0 atom stereocenters. The zero-order valence-corrected chi connectivity index (χ0v) is 8.66. The summed E-state index contributed by atoms with van der Waals surface area (Å²) in [6, 6.07) is 0. The average molecular weight is 292 g/mol. The lowest BCUT2D eigenvalue weighted by molar-refractivity contribution is -0.247. The molecule has 0 saturated heterocycles. The molecule has 0 saturated carbocycles. The van der Waals surface area contributed by atoms with Crippen molar-refractivity contribution in [2.24, 2.45) is 11.8 Å². The maximum Gasteiger partial charge on any atom is 0.425 e. The summed E-state index contributed by atoms with van der Waals surface area (Å²) in [5, 5.41) is 13.7. The van der Waals surface area contributed by atoms with Crippen molar-refractivity contribution in [1.29, 1.82) is 0 Å².